The van der Waals surface area contributed by atoms with Crippen LogP contribution >= 0.6 is 0 Å². The average molecular weight is 230 g/mol. The molecule has 0 rings (SSSR count). The summed E-state index contributed by atoms with van der Waals surface area (Å²) >= 11 is 0. The predicted molar refractivity (Wildman–Crippen MR) is 53.9 cm³/mol. The Kier molecular flexibility index (Phi) is 6.25. The first-order chi connectivity index (χ1) is 7.41. The molecule has 0 aromatic carbocycles. The molecule has 0 aliphatic rings. The average Bonchev–Trinajstić information content (AvgIpc) is 2.20. The van der Waals surface area contributed by atoms with Gasteiger partial charge in [-0.1, -0.05) is 0 Å². The van der Waals surface area contributed by atoms with Gasteiger partial charge >= 0.3 is 0 Å². The van der Waals surface area contributed by atoms with Gasteiger partial charge in [0.1, 0.15) is 0 Å². The maximum absolute atomic E-state index is 11.0. The van der Waals surface area contributed by atoms with Crippen LogP contribution < -0.4 is 21.7 Å². The van der Waals surface area contributed by atoms with Crippen LogP contribution in [0.1, 0.15) is 6.92 Å². The third-order valence-corrected chi connectivity index (χ3v) is 1.40. The summed E-state index contributed by atoms with van der Waals surface area (Å²) in [4.78, 5) is 42.7. The maximum atomic E-state index is 11.0. The summed E-state index contributed by atoms with van der Waals surface area (Å²) in [7, 11) is 0. The quantitative estimate of drug-likeness (QED) is 0.383. The monoisotopic (exact) mass is 230 g/mol. The molecule has 5 N–H and O–H groups in total. The zero-order valence-corrected chi connectivity index (χ0v) is 8.83. The zero-order valence-electron chi connectivity index (χ0n) is 8.83. The van der Waals surface area contributed by atoms with Gasteiger partial charge in [0, 0.05) is 6.92 Å². The summed E-state index contributed by atoms with van der Waals surface area (Å²) in [6, 6.07) is 0. The Labute approximate surface area is 91.9 Å². The number of amides is 4. The van der Waals surface area contributed by atoms with Gasteiger partial charge < -0.3 is 21.7 Å². The number of carbonyl (C=O) groups is 4. The van der Waals surface area contributed by atoms with Crippen molar-refractivity contribution in [2.75, 3.05) is 19.6 Å². The molecule has 0 unspecified atom stereocenters. The van der Waals surface area contributed by atoms with Crippen LogP contribution in [0.3, 0.4) is 0 Å². The van der Waals surface area contributed by atoms with Gasteiger partial charge in [-0.2, -0.15) is 0 Å². The normalized spacial score (nSPS) is 9.06. The molecular formula is C8H14N4O4. The van der Waals surface area contributed by atoms with E-state index in [0.717, 1.165) is 0 Å². The number of hydrogen-bond donors (Lipinski definition) is 4. The SMILES string of the molecule is CC(=O)NCC(=O)NCC(=O)NCC(N)=O. The lowest BCUT2D eigenvalue weighted by atomic mass is 10.5. The molecule has 0 atom stereocenters. The fourth-order valence-electron chi connectivity index (χ4n) is 0.694. The summed E-state index contributed by atoms with van der Waals surface area (Å²) in [5.41, 5.74) is 4.79. The van der Waals surface area contributed by atoms with E-state index in [1.165, 1.54) is 6.92 Å². The van der Waals surface area contributed by atoms with Gasteiger partial charge in [0.15, 0.2) is 0 Å². The van der Waals surface area contributed by atoms with E-state index in [1.54, 1.807) is 0 Å². The Morgan fingerprint density at radius 3 is 1.75 bits per heavy atom. The van der Waals surface area contributed by atoms with Crippen molar-refractivity contribution in [3.63, 3.8) is 0 Å². The van der Waals surface area contributed by atoms with Crippen LogP contribution in [0.5, 0.6) is 0 Å². The lowest BCUT2D eigenvalue weighted by molar-refractivity contribution is -0.127. The second-order valence-corrected chi connectivity index (χ2v) is 2.93. The van der Waals surface area contributed by atoms with Gasteiger partial charge in [-0.05, 0) is 0 Å². The Balaban J connectivity index is 3.63. The van der Waals surface area contributed by atoms with Crippen molar-refractivity contribution in [1.29, 1.82) is 0 Å². The number of primary amides is 1. The Hall–Kier alpha value is -2.12. The van der Waals surface area contributed by atoms with Crippen LogP contribution in [0.15, 0.2) is 0 Å². The van der Waals surface area contributed by atoms with E-state index in [4.69, 9.17) is 5.73 Å². The minimum Gasteiger partial charge on any atom is -0.368 e. The van der Waals surface area contributed by atoms with Gasteiger partial charge in [0.25, 0.3) is 0 Å². The van der Waals surface area contributed by atoms with Crippen LogP contribution in [0.4, 0.5) is 0 Å². The highest BCUT2D eigenvalue weighted by Crippen LogP contribution is 1.68. The highest BCUT2D eigenvalue weighted by atomic mass is 16.2. The highest BCUT2D eigenvalue weighted by molar-refractivity contribution is 5.89. The molecule has 0 radical (unpaired) electrons. The molecule has 0 aliphatic carbocycles. The standard InChI is InChI=1S/C8H14N4O4/c1-5(13)10-3-7(15)12-4-8(16)11-2-6(9)14/h2-4H2,1H3,(H2,9,14)(H,10,13)(H,11,16)(H,12,15). The first kappa shape index (κ1) is 13.9. The molecule has 0 fully saturated rings. The molecule has 0 aliphatic heterocycles. The van der Waals surface area contributed by atoms with Crippen LogP contribution in [-0.2, 0) is 19.2 Å². The van der Waals surface area contributed by atoms with E-state index in [2.05, 4.69) is 16.0 Å². The number of carbonyl (C=O) groups excluding carboxylic acids is 4. The number of nitrogens with one attached hydrogen (secondary N) is 3. The Bertz CT molecular complexity index is 272. The molecule has 90 valence electrons. The summed E-state index contributed by atoms with van der Waals surface area (Å²) in [5.74, 6) is -2.04. The van der Waals surface area contributed by atoms with Crippen molar-refractivity contribution < 1.29 is 19.2 Å². The molecule has 16 heavy (non-hydrogen) atoms. The first-order valence-corrected chi connectivity index (χ1v) is 4.48. The van der Waals surface area contributed by atoms with E-state index in [-0.39, 0.29) is 25.5 Å². The van der Waals surface area contributed by atoms with E-state index in [9.17, 15) is 19.2 Å². The van der Waals surface area contributed by atoms with Crippen molar-refractivity contribution >= 4 is 23.6 Å². The van der Waals surface area contributed by atoms with Gasteiger partial charge in [-0.15, -0.1) is 0 Å². The second kappa shape index (κ2) is 7.21. The van der Waals surface area contributed by atoms with Gasteiger partial charge in [-0.25, -0.2) is 0 Å². The Morgan fingerprint density at radius 2 is 1.31 bits per heavy atom. The lowest BCUT2D eigenvalue weighted by Crippen LogP contribution is -2.43. The third kappa shape index (κ3) is 8.48. The van der Waals surface area contributed by atoms with E-state index >= 15 is 0 Å². The predicted octanol–water partition coefficient (Wildman–Crippen LogP) is -3.16. The molecule has 8 heteroatoms. The number of hydrogen-bond acceptors (Lipinski definition) is 4. The second-order valence-electron chi connectivity index (χ2n) is 2.93. The van der Waals surface area contributed by atoms with Crippen molar-refractivity contribution in [2.24, 2.45) is 5.73 Å². The summed E-state index contributed by atoms with van der Waals surface area (Å²) in [6.07, 6.45) is 0. The molecule has 0 aromatic rings. The molecular weight excluding hydrogens is 216 g/mol. The smallest absolute Gasteiger partial charge is 0.239 e. The number of nitrogens with two attached hydrogens (primary N) is 1. The maximum Gasteiger partial charge on any atom is 0.239 e. The van der Waals surface area contributed by atoms with E-state index in [1.807, 2.05) is 0 Å². The number of rotatable bonds is 6. The minimum absolute atomic E-state index is 0.196. The van der Waals surface area contributed by atoms with Crippen molar-refractivity contribution in [1.82, 2.24) is 16.0 Å². The summed E-state index contributed by atoms with van der Waals surface area (Å²) in [6.45, 7) is 0.525. The molecule has 0 aromatic heterocycles. The van der Waals surface area contributed by atoms with Gasteiger partial charge in [0.2, 0.25) is 23.6 Å². The van der Waals surface area contributed by atoms with E-state index in [0.29, 0.717) is 0 Å². The summed E-state index contributed by atoms with van der Waals surface area (Å²) in [5, 5.41) is 6.69. The van der Waals surface area contributed by atoms with E-state index < -0.39 is 17.7 Å². The van der Waals surface area contributed by atoms with Crippen LogP contribution in [0.25, 0.3) is 0 Å². The van der Waals surface area contributed by atoms with Crippen molar-refractivity contribution in [2.45, 2.75) is 6.92 Å². The largest absolute Gasteiger partial charge is 0.368 e. The molecule has 8 nitrogen and oxygen atoms in total. The molecule has 0 saturated heterocycles. The van der Waals surface area contributed by atoms with Gasteiger partial charge in [0.05, 0.1) is 19.6 Å². The van der Waals surface area contributed by atoms with Crippen molar-refractivity contribution in [3.8, 4) is 0 Å². The molecule has 0 spiro atoms. The van der Waals surface area contributed by atoms with Crippen LogP contribution in [-0.4, -0.2) is 43.3 Å². The van der Waals surface area contributed by atoms with Crippen molar-refractivity contribution in [3.05, 3.63) is 0 Å². The third-order valence-electron chi connectivity index (χ3n) is 1.40. The lowest BCUT2D eigenvalue weighted by Gasteiger charge is -2.05. The topological polar surface area (TPSA) is 130 Å². The van der Waals surface area contributed by atoms with Crippen LogP contribution in [0, 0.1) is 0 Å². The van der Waals surface area contributed by atoms with Crippen LogP contribution in [0.2, 0.25) is 0 Å². The molecule has 0 heterocycles. The molecule has 0 bridgehead atoms. The molecule has 4 amide bonds. The van der Waals surface area contributed by atoms with Gasteiger partial charge in [-0.3, -0.25) is 19.2 Å². The molecule has 0 saturated carbocycles. The fourth-order valence-corrected chi connectivity index (χ4v) is 0.694. The minimum atomic E-state index is -0.669. The fraction of sp³-hybridized carbons (Fsp3) is 0.500. The summed E-state index contributed by atoms with van der Waals surface area (Å²) < 4.78 is 0. The Morgan fingerprint density at radius 1 is 0.875 bits per heavy atom. The first-order valence-electron chi connectivity index (χ1n) is 4.48. The highest BCUT2D eigenvalue weighted by Gasteiger charge is 2.06. The zero-order chi connectivity index (χ0) is 12.6.